The summed E-state index contributed by atoms with van der Waals surface area (Å²) in [6, 6.07) is 0. The lowest BCUT2D eigenvalue weighted by Crippen LogP contribution is -2.21. The van der Waals surface area contributed by atoms with Crippen LogP contribution in [0.1, 0.15) is 35.2 Å². The van der Waals surface area contributed by atoms with Gasteiger partial charge in [-0.15, -0.1) is 0 Å². The van der Waals surface area contributed by atoms with E-state index in [1.165, 1.54) is 17.4 Å². The molecule has 0 amide bonds. The van der Waals surface area contributed by atoms with Crippen molar-refractivity contribution >= 4 is 5.97 Å². The number of alkyl halides is 3. The fourth-order valence-corrected chi connectivity index (χ4v) is 2.52. The van der Waals surface area contributed by atoms with Crippen molar-refractivity contribution in [3.8, 4) is 0 Å². The summed E-state index contributed by atoms with van der Waals surface area (Å²) in [5, 5.41) is 8.82. The molecule has 7 heteroatoms. The van der Waals surface area contributed by atoms with Crippen LogP contribution >= 0.6 is 0 Å². The molecule has 0 bridgehead atoms. The zero-order chi connectivity index (χ0) is 14.8. The van der Waals surface area contributed by atoms with Crippen LogP contribution in [0.2, 0.25) is 0 Å². The molecular weight excluding hydrogens is 273 g/mol. The third-order valence-corrected chi connectivity index (χ3v) is 3.51. The molecule has 1 saturated heterocycles. The highest BCUT2D eigenvalue weighted by Gasteiger charge is 2.36. The van der Waals surface area contributed by atoms with Crippen LogP contribution in [0, 0.1) is 0 Å². The van der Waals surface area contributed by atoms with Crippen molar-refractivity contribution in [3.05, 3.63) is 23.5 Å². The zero-order valence-electron chi connectivity index (χ0n) is 11.0. The van der Waals surface area contributed by atoms with E-state index in [0.717, 1.165) is 32.0 Å². The molecular formula is C13H17F3N2O2. The summed E-state index contributed by atoms with van der Waals surface area (Å²) in [5.74, 6) is -1.55. The second kappa shape index (κ2) is 5.87. The van der Waals surface area contributed by atoms with Gasteiger partial charge in [0.25, 0.3) is 0 Å². The van der Waals surface area contributed by atoms with Crippen molar-refractivity contribution in [1.82, 2.24) is 9.47 Å². The van der Waals surface area contributed by atoms with E-state index in [0.29, 0.717) is 13.0 Å². The average molecular weight is 290 g/mol. The van der Waals surface area contributed by atoms with Crippen LogP contribution in [0.25, 0.3) is 0 Å². The first-order chi connectivity index (χ1) is 9.38. The SMILES string of the molecule is O=C(O)c1cn(CCCN2CCCC2)cc1C(F)(F)F. The highest BCUT2D eigenvalue weighted by molar-refractivity contribution is 5.89. The number of halogens is 3. The van der Waals surface area contributed by atoms with Crippen LogP contribution in [0.15, 0.2) is 12.4 Å². The molecule has 0 aromatic carbocycles. The van der Waals surface area contributed by atoms with Gasteiger partial charge in [0.1, 0.15) is 0 Å². The molecule has 1 aliphatic heterocycles. The second-order valence-electron chi connectivity index (χ2n) is 5.03. The van der Waals surface area contributed by atoms with E-state index in [1.54, 1.807) is 0 Å². The lowest BCUT2D eigenvalue weighted by Gasteiger charge is -2.14. The Morgan fingerprint density at radius 3 is 2.35 bits per heavy atom. The Balaban J connectivity index is 1.99. The van der Waals surface area contributed by atoms with Gasteiger partial charge in [-0.3, -0.25) is 0 Å². The van der Waals surface area contributed by atoms with E-state index in [4.69, 9.17) is 5.11 Å². The topological polar surface area (TPSA) is 45.5 Å². The third-order valence-electron chi connectivity index (χ3n) is 3.51. The molecule has 112 valence electrons. The maximum atomic E-state index is 12.7. The van der Waals surface area contributed by atoms with Crippen molar-refractivity contribution in [2.75, 3.05) is 19.6 Å². The number of rotatable bonds is 5. The number of carboxylic acids is 1. The Labute approximate surface area is 114 Å². The van der Waals surface area contributed by atoms with Crippen LogP contribution in [-0.4, -0.2) is 40.2 Å². The van der Waals surface area contributed by atoms with Gasteiger partial charge in [0.15, 0.2) is 0 Å². The standard InChI is InChI=1S/C13H17F3N2O2/c14-13(15,16)11-9-18(8-10(11)12(19)20)7-3-6-17-4-1-2-5-17/h8-9H,1-7H2,(H,19,20). The summed E-state index contributed by atoms with van der Waals surface area (Å²) in [6.45, 7) is 3.31. The fraction of sp³-hybridized carbons (Fsp3) is 0.615. The Morgan fingerprint density at radius 2 is 1.85 bits per heavy atom. The van der Waals surface area contributed by atoms with Crippen molar-refractivity contribution < 1.29 is 23.1 Å². The number of nitrogens with zero attached hydrogens (tertiary/aromatic N) is 2. The van der Waals surface area contributed by atoms with Crippen molar-refractivity contribution in [1.29, 1.82) is 0 Å². The molecule has 0 saturated carbocycles. The quantitative estimate of drug-likeness (QED) is 0.907. The van der Waals surface area contributed by atoms with Gasteiger partial charge in [0, 0.05) is 18.9 Å². The molecule has 1 aromatic heterocycles. The second-order valence-corrected chi connectivity index (χ2v) is 5.03. The van der Waals surface area contributed by atoms with Crippen molar-refractivity contribution in [2.45, 2.75) is 32.0 Å². The van der Waals surface area contributed by atoms with Gasteiger partial charge in [-0.2, -0.15) is 13.2 Å². The Morgan fingerprint density at radius 1 is 1.20 bits per heavy atom. The van der Waals surface area contributed by atoms with Crippen LogP contribution in [0.4, 0.5) is 13.2 Å². The molecule has 0 aliphatic carbocycles. The van der Waals surface area contributed by atoms with Crippen molar-refractivity contribution in [2.24, 2.45) is 0 Å². The van der Waals surface area contributed by atoms with Crippen LogP contribution in [-0.2, 0) is 12.7 Å². The Hall–Kier alpha value is -1.50. The summed E-state index contributed by atoms with van der Waals surface area (Å²) >= 11 is 0. The summed E-state index contributed by atoms with van der Waals surface area (Å²) in [6.07, 6.45) is 0.372. The first-order valence-electron chi connectivity index (χ1n) is 6.60. The van der Waals surface area contributed by atoms with E-state index < -0.39 is 23.3 Å². The predicted molar refractivity (Wildman–Crippen MR) is 66.7 cm³/mol. The van der Waals surface area contributed by atoms with Crippen molar-refractivity contribution in [3.63, 3.8) is 0 Å². The normalized spacial score (nSPS) is 16.8. The summed E-state index contributed by atoms with van der Waals surface area (Å²) in [7, 11) is 0. The molecule has 1 N–H and O–H groups in total. The first kappa shape index (κ1) is 14.9. The smallest absolute Gasteiger partial charge is 0.418 e. The Bertz CT molecular complexity index is 476. The monoisotopic (exact) mass is 290 g/mol. The molecule has 0 atom stereocenters. The molecule has 1 fully saturated rings. The molecule has 2 heterocycles. The van der Waals surface area contributed by atoms with Gasteiger partial charge < -0.3 is 14.6 Å². The minimum Gasteiger partial charge on any atom is -0.478 e. The highest BCUT2D eigenvalue weighted by Crippen LogP contribution is 2.32. The first-order valence-corrected chi connectivity index (χ1v) is 6.60. The molecule has 1 aromatic rings. The zero-order valence-corrected chi connectivity index (χ0v) is 11.0. The third kappa shape index (κ3) is 3.53. The molecule has 20 heavy (non-hydrogen) atoms. The summed E-state index contributed by atoms with van der Waals surface area (Å²) in [5.41, 5.74) is -1.76. The molecule has 1 aliphatic rings. The number of carbonyl (C=O) groups is 1. The van der Waals surface area contributed by atoms with E-state index in [2.05, 4.69) is 4.90 Å². The van der Waals surface area contributed by atoms with Crippen LogP contribution < -0.4 is 0 Å². The molecule has 0 radical (unpaired) electrons. The largest absolute Gasteiger partial charge is 0.478 e. The van der Waals surface area contributed by atoms with Gasteiger partial charge in [-0.05, 0) is 38.9 Å². The van der Waals surface area contributed by atoms with Gasteiger partial charge >= 0.3 is 12.1 Å². The maximum Gasteiger partial charge on any atom is 0.418 e. The maximum absolute atomic E-state index is 12.7. The Kier molecular flexibility index (Phi) is 4.37. The van der Waals surface area contributed by atoms with Gasteiger partial charge in [-0.1, -0.05) is 0 Å². The van der Waals surface area contributed by atoms with E-state index in [-0.39, 0.29) is 0 Å². The molecule has 4 nitrogen and oxygen atoms in total. The average Bonchev–Trinajstić information content (AvgIpc) is 2.96. The highest BCUT2D eigenvalue weighted by atomic mass is 19.4. The number of aryl methyl sites for hydroxylation is 1. The molecule has 2 rings (SSSR count). The van der Waals surface area contributed by atoms with Gasteiger partial charge in [0.2, 0.25) is 0 Å². The van der Waals surface area contributed by atoms with Crippen LogP contribution in [0.3, 0.4) is 0 Å². The van der Waals surface area contributed by atoms with E-state index in [1.807, 2.05) is 0 Å². The van der Waals surface area contributed by atoms with Gasteiger partial charge in [0.05, 0.1) is 11.1 Å². The van der Waals surface area contributed by atoms with Gasteiger partial charge in [-0.25, -0.2) is 4.79 Å². The van der Waals surface area contributed by atoms with Crippen LogP contribution in [0.5, 0.6) is 0 Å². The number of aromatic nitrogens is 1. The lowest BCUT2D eigenvalue weighted by molar-refractivity contribution is -0.138. The number of hydrogen-bond donors (Lipinski definition) is 1. The summed E-state index contributed by atoms with van der Waals surface area (Å²) < 4.78 is 39.4. The lowest BCUT2D eigenvalue weighted by atomic mass is 10.2. The summed E-state index contributed by atoms with van der Waals surface area (Å²) in [4.78, 5) is 13.1. The number of hydrogen-bond acceptors (Lipinski definition) is 2. The minimum atomic E-state index is -4.63. The molecule has 0 spiro atoms. The minimum absolute atomic E-state index is 0.396. The van der Waals surface area contributed by atoms with E-state index in [9.17, 15) is 18.0 Å². The van der Waals surface area contributed by atoms with E-state index >= 15 is 0 Å². The number of likely N-dealkylation sites (tertiary alicyclic amines) is 1. The molecule has 0 unspecified atom stereocenters. The predicted octanol–water partition coefficient (Wildman–Crippen LogP) is 2.69. The fourth-order valence-electron chi connectivity index (χ4n) is 2.52. The number of aromatic carboxylic acids is 1. The number of carboxylic acid groups (broad SMARTS) is 1.